The van der Waals surface area contributed by atoms with Crippen LogP contribution in [0.2, 0.25) is 0 Å². The molecule has 3 aromatic rings. The van der Waals surface area contributed by atoms with Gasteiger partial charge < -0.3 is 16.0 Å². The predicted octanol–water partition coefficient (Wildman–Crippen LogP) is 1.91. The van der Waals surface area contributed by atoms with E-state index < -0.39 is 17.9 Å². The van der Waals surface area contributed by atoms with Gasteiger partial charge >= 0.3 is 0 Å². The molecule has 0 bridgehead atoms. The van der Waals surface area contributed by atoms with E-state index in [1.807, 2.05) is 72.8 Å². The first-order valence-electron chi connectivity index (χ1n) is 11.0. The van der Waals surface area contributed by atoms with Gasteiger partial charge in [0.05, 0.1) is 6.54 Å². The van der Waals surface area contributed by atoms with Crippen molar-refractivity contribution < 1.29 is 19.6 Å². The van der Waals surface area contributed by atoms with E-state index in [2.05, 4.69) is 16.0 Å². The molecule has 8 heteroatoms. The number of benzene rings is 3. The first-order valence-corrected chi connectivity index (χ1v) is 11.0. The highest BCUT2D eigenvalue weighted by Crippen LogP contribution is 2.19. The summed E-state index contributed by atoms with van der Waals surface area (Å²) >= 11 is 0. The third-order valence-corrected chi connectivity index (χ3v) is 5.21. The Morgan fingerprint density at radius 3 is 2.06 bits per heavy atom. The molecular formula is C26H28N4O4. The van der Waals surface area contributed by atoms with E-state index in [4.69, 9.17) is 5.21 Å². The van der Waals surface area contributed by atoms with Crippen LogP contribution in [-0.2, 0) is 16.0 Å². The molecule has 3 amide bonds. The summed E-state index contributed by atoms with van der Waals surface area (Å²) in [6.45, 7) is 0.516. The zero-order valence-corrected chi connectivity index (χ0v) is 18.7. The van der Waals surface area contributed by atoms with Gasteiger partial charge in [-0.25, -0.2) is 5.48 Å². The number of hydroxylamine groups is 1. The van der Waals surface area contributed by atoms with Gasteiger partial charge in [0.2, 0.25) is 5.91 Å². The van der Waals surface area contributed by atoms with E-state index in [0.29, 0.717) is 12.1 Å². The van der Waals surface area contributed by atoms with Crippen LogP contribution in [0.15, 0.2) is 84.9 Å². The summed E-state index contributed by atoms with van der Waals surface area (Å²) in [4.78, 5) is 36.7. The minimum absolute atomic E-state index is 0.0647. The highest BCUT2D eigenvalue weighted by atomic mass is 16.5. The average molecular weight is 461 g/mol. The second kappa shape index (κ2) is 12.9. The Labute approximate surface area is 198 Å². The SMILES string of the molecule is O=C(CNCCc1ccccc1)NC[C@H](NC(=O)c1ccc(-c2ccccc2)cc1)C(=O)NO. The maximum Gasteiger partial charge on any atom is 0.267 e. The molecule has 34 heavy (non-hydrogen) atoms. The van der Waals surface area contributed by atoms with Gasteiger partial charge in [0.25, 0.3) is 11.8 Å². The third kappa shape index (κ3) is 7.54. The molecule has 8 nitrogen and oxygen atoms in total. The number of rotatable bonds is 11. The average Bonchev–Trinajstić information content (AvgIpc) is 2.89. The van der Waals surface area contributed by atoms with Crippen LogP contribution in [0, 0.1) is 0 Å². The van der Waals surface area contributed by atoms with Crippen molar-refractivity contribution in [2.75, 3.05) is 19.6 Å². The molecule has 3 rings (SSSR count). The van der Waals surface area contributed by atoms with E-state index in [9.17, 15) is 14.4 Å². The van der Waals surface area contributed by atoms with Crippen LogP contribution in [0.3, 0.4) is 0 Å². The third-order valence-electron chi connectivity index (χ3n) is 5.21. The molecule has 0 fully saturated rings. The van der Waals surface area contributed by atoms with E-state index in [-0.39, 0.29) is 19.0 Å². The summed E-state index contributed by atoms with van der Waals surface area (Å²) in [5, 5.41) is 17.2. The standard InChI is InChI=1S/C26H28N4O4/c31-24(18-27-16-15-19-7-3-1-4-8-19)28-17-23(26(33)30-34)29-25(32)22-13-11-21(12-14-22)20-9-5-2-6-10-20/h1-14,23,27,34H,15-18H2,(H,28,31)(H,29,32)(H,30,33)/t23-/m0/s1. The monoisotopic (exact) mass is 460 g/mol. The molecule has 5 N–H and O–H groups in total. The fourth-order valence-electron chi connectivity index (χ4n) is 3.33. The van der Waals surface area contributed by atoms with Crippen LogP contribution in [0.1, 0.15) is 15.9 Å². The van der Waals surface area contributed by atoms with Crippen LogP contribution in [0.4, 0.5) is 0 Å². The maximum atomic E-state index is 12.6. The van der Waals surface area contributed by atoms with Gasteiger partial charge in [-0.3, -0.25) is 19.6 Å². The van der Waals surface area contributed by atoms with Gasteiger partial charge in [0, 0.05) is 12.1 Å². The van der Waals surface area contributed by atoms with Crippen LogP contribution in [0.5, 0.6) is 0 Å². The molecule has 3 aromatic carbocycles. The molecule has 0 radical (unpaired) electrons. The van der Waals surface area contributed by atoms with Crippen molar-refractivity contribution in [3.63, 3.8) is 0 Å². The lowest BCUT2D eigenvalue weighted by Crippen LogP contribution is -2.52. The smallest absolute Gasteiger partial charge is 0.267 e. The normalized spacial score (nSPS) is 11.3. The molecule has 0 unspecified atom stereocenters. The van der Waals surface area contributed by atoms with Crippen molar-refractivity contribution in [1.29, 1.82) is 0 Å². The Hall–Kier alpha value is -4.01. The number of amides is 3. The Bertz CT molecular complexity index is 1070. The van der Waals surface area contributed by atoms with Crippen LogP contribution < -0.4 is 21.4 Å². The largest absolute Gasteiger partial charge is 0.352 e. The molecule has 0 spiro atoms. The summed E-state index contributed by atoms with van der Waals surface area (Å²) in [6, 6.07) is 25.4. The highest BCUT2D eigenvalue weighted by molar-refractivity contribution is 5.98. The summed E-state index contributed by atoms with van der Waals surface area (Å²) < 4.78 is 0. The Morgan fingerprint density at radius 1 is 0.794 bits per heavy atom. The van der Waals surface area contributed by atoms with E-state index in [1.54, 1.807) is 12.1 Å². The van der Waals surface area contributed by atoms with Crippen molar-refractivity contribution in [2.24, 2.45) is 0 Å². The Kier molecular flexibility index (Phi) is 9.33. The van der Waals surface area contributed by atoms with Crippen molar-refractivity contribution in [2.45, 2.75) is 12.5 Å². The minimum atomic E-state index is -1.14. The first kappa shape index (κ1) is 24.6. The van der Waals surface area contributed by atoms with E-state index in [0.717, 1.165) is 23.1 Å². The van der Waals surface area contributed by atoms with Crippen molar-refractivity contribution in [3.8, 4) is 11.1 Å². The molecule has 1 atom stereocenters. The van der Waals surface area contributed by atoms with Gasteiger partial charge in [-0.15, -0.1) is 0 Å². The van der Waals surface area contributed by atoms with Crippen molar-refractivity contribution in [1.82, 2.24) is 21.4 Å². The highest BCUT2D eigenvalue weighted by Gasteiger charge is 2.22. The Balaban J connectivity index is 1.47. The molecule has 0 aromatic heterocycles. The number of hydrogen-bond acceptors (Lipinski definition) is 5. The maximum absolute atomic E-state index is 12.6. The Morgan fingerprint density at radius 2 is 1.41 bits per heavy atom. The summed E-state index contributed by atoms with van der Waals surface area (Å²) in [6.07, 6.45) is 0.781. The molecule has 176 valence electrons. The zero-order chi connectivity index (χ0) is 24.2. The molecule has 0 saturated carbocycles. The fraction of sp³-hybridized carbons (Fsp3) is 0.192. The summed E-state index contributed by atoms with van der Waals surface area (Å²) in [5.74, 6) is -1.65. The second-order valence-corrected chi connectivity index (χ2v) is 7.66. The van der Waals surface area contributed by atoms with Crippen molar-refractivity contribution in [3.05, 3.63) is 96.1 Å². The lowest BCUT2D eigenvalue weighted by Gasteiger charge is -2.18. The van der Waals surface area contributed by atoms with Gasteiger partial charge in [-0.2, -0.15) is 0 Å². The molecule has 0 aliphatic heterocycles. The van der Waals surface area contributed by atoms with E-state index >= 15 is 0 Å². The molecule has 0 aliphatic carbocycles. The zero-order valence-electron chi connectivity index (χ0n) is 18.7. The van der Waals surface area contributed by atoms with Crippen LogP contribution in [0.25, 0.3) is 11.1 Å². The lowest BCUT2D eigenvalue weighted by atomic mass is 10.0. The topological polar surface area (TPSA) is 120 Å². The van der Waals surface area contributed by atoms with Gasteiger partial charge in [0.1, 0.15) is 6.04 Å². The predicted molar refractivity (Wildman–Crippen MR) is 129 cm³/mol. The minimum Gasteiger partial charge on any atom is -0.352 e. The van der Waals surface area contributed by atoms with Crippen molar-refractivity contribution >= 4 is 17.7 Å². The fourth-order valence-corrected chi connectivity index (χ4v) is 3.33. The molecular weight excluding hydrogens is 432 g/mol. The lowest BCUT2D eigenvalue weighted by molar-refractivity contribution is -0.131. The number of hydrogen-bond donors (Lipinski definition) is 5. The number of carbonyl (C=O) groups excluding carboxylic acids is 3. The first-order chi connectivity index (χ1) is 16.6. The summed E-state index contributed by atoms with van der Waals surface area (Å²) in [7, 11) is 0. The number of nitrogens with one attached hydrogen (secondary N) is 4. The second-order valence-electron chi connectivity index (χ2n) is 7.66. The van der Waals surface area contributed by atoms with E-state index in [1.165, 1.54) is 5.48 Å². The van der Waals surface area contributed by atoms with Crippen LogP contribution >= 0.6 is 0 Å². The van der Waals surface area contributed by atoms with Crippen LogP contribution in [-0.4, -0.2) is 48.6 Å². The molecule has 0 aliphatic rings. The number of carbonyl (C=O) groups is 3. The molecule has 0 heterocycles. The van der Waals surface area contributed by atoms with Gasteiger partial charge in [-0.1, -0.05) is 72.8 Å². The molecule has 0 saturated heterocycles. The van der Waals surface area contributed by atoms with Gasteiger partial charge in [0.15, 0.2) is 0 Å². The quantitative estimate of drug-likeness (QED) is 0.170. The summed E-state index contributed by atoms with van der Waals surface area (Å²) in [5.41, 5.74) is 5.01. The van der Waals surface area contributed by atoms with Gasteiger partial charge in [-0.05, 0) is 41.8 Å².